The summed E-state index contributed by atoms with van der Waals surface area (Å²) in [6, 6.07) is 20.8. The first kappa shape index (κ1) is 15.5. The zero-order valence-electron chi connectivity index (χ0n) is 14.3. The van der Waals surface area contributed by atoms with Crippen molar-refractivity contribution in [1.82, 2.24) is 9.97 Å². The molecule has 0 saturated carbocycles. The van der Waals surface area contributed by atoms with Crippen molar-refractivity contribution in [3.8, 4) is 22.6 Å². The van der Waals surface area contributed by atoms with Gasteiger partial charge in [0, 0.05) is 11.1 Å². The van der Waals surface area contributed by atoms with Crippen LogP contribution in [0.2, 0.25) is 0 Å². The number of hydrogen-bond donors (Lipinski definition) is 0. The van der Waals surface area contributed by atoms with Gasteiger partial charge in [-0.1, -0.05) is 72.3 Å². The number of rotatable bonds is 3. The van der Waals surface area contributed by atoms with E-state index in [9.17, 15) is 0 Å². The van der Waals surface area contributed by atoms with Crippen molar-refractivity contribution >= 4 is 5.57 Å². The Balaban J connectivity index is 1.89. The second-order valence-corrected chi connectivity index (χ2v) is 6.34. The van der Waals surface area contributed by atoms with Crippen molar-refractivity contribution in [3.05, 3.63) is 90.1 Å². The molecular weight excluding hydrogens is 304 g/mol. The van der Waals surface area contributed by atoms with Crippen LogP contribution in [0.4, 0.5) is 0 Å². The Labute approximate surface area is 148 Å². The quantitative estimate of drug-likeness (QED) is 0.603. The van der Waals surface area contributed by atoms with Gasteiger partial charge in [-0.15, -0.1) is 0 Å². The van der Waals surface area contributed by atoms with Gasteiger partial charge >= 0.3 is 0 Å². The molecule has 25 heavy (non-hydrogen) atoms. The van der Waals surface area contributed by atoms with Crippen LogP contribution in [0.25, 0.3) is 28.2 Å². The van der Waals surface area contributed by atoms with Crippen LogP contribution in [0, 0.1) is 6.92 Å². The van der Waals surface area contributed by atoms with Gasteiger partial charge < -0.3 is 0 Å². The van der Waals surface area contributed by atoms with Gasteiger partial charge in [0.2, 0.25) is 0 Å². The maximum atomic E-state index is 4.86. The molecular formula is C23H20N2. The van der Waals surface area contributed by atoms with Gasteiger partial charge in [-0.3, -0.25) is 0 Å². The Hall–Kier alpha value is -3.00. The molecule has 0 aliphatic heterocycles. The monoisotopic (exact) mass is 324 g/mol. The van der Waals surface area contributed by atoms with E-state index >= 15 is 0 Å². The van der Waals surface area contributed by atoms with Crippen LogP contribution in [0.1, 0.15) is 24.1 Å². The number of hydrogen-bond acceptors (Lipinski definition) is 2. The second kappa shape index (κ2) is 6.86. The van der Waals surface area contributed by atoms with E-state index in [1.165, 1.54) is 11.1 Å². The Morgan fingerprint density at radius 3 is 2.32 bits per heavy atom. The number of aryl methyl sites for hydroxylation is 1. The summed E-state index contributed by atoms with van der Waals surface area (Å²) in [5.41, 5.74) is 6.51. The van der Waals surface area contributed by atoms with E-state index in [1.54, 1.807) is 0 Å². The van der Waals surface area contributed by atoms with Crippen LogP contribution >= 0.6 is 0 Å². The average molecular weight is 324 g/mol. The number of nitrogens with zero attached hydrogens (tertiary/aromatic N) is 2. The maximum Gasteiger partial charge on any atom is 0.160 e. The van der Waals surface area contributed by atoms with E-state index in [0.29, 0.717) is 0 Å². The fourth-order valence-electron chi connectivity index (χ4n) is 3.07. The lowest BCUT2D eigenvalue weighted by Gasteiger charge is -2.11. The fraction of sp³-hybridized carbons (Fsp3) is 0.130. The predicted molar refractivity (Wildman–Crippen MR) is 104 cm³/mol. The van der Waals surface area contributed by atoms with Crippen LogP contribution in [0.15, 0.2) is 78.9 Å². The van der Waals surface area contributed by atoms with E-state index in [0.717, 1.165) is 41.2 Å². The summed E-state index contributed by atoms with van der Waals surface area (Å²) >= 11 is 0. The summed E-state index contributed by atoms with van der Waals surface area (Å²) in [7, 11) is 0. The zero-order chi connectivity index (χ0) is 17.1. The fourth-order valence-corrected chi connectivity index (χ4v) is 3.07. The largest absolute Gasteiger partial charge is 0.228 e. The first-order valence-corrected chi connectivity index (χ1v) is 8.68. The maximum absolute atomic E-state index is 4.86. The van der Waals surface area contributed by atoms with Crippen molar-refractivity contribution in [2.24, 2.45) is 0 Å². The molecule has 0 N–H and O–H groups in total. The molecule has 122 valence electrons. The van der Waals surface area contributed by atoms with Gasteiger partial charge in [0.25, 0.3) is 0 Å². The third-order valence-corrected chi connectivity index (χ3v) is 4.36. The first-order valence-electron chi connectivity index (χ1n) is 8.68. The SMILES string of the molecule is Cc1cccc(-c2nc(C3=CCCC=C3)cc(-c3ccccc3)n2)c1. The lowest BCUT2D eigenvalue weighted by molar-refractivity contribution is 1.03. The molecule has 0 radical (unpaired) electrons. The molecule has 1 aromatic heterocycles. The third-order valence-electron chi connectivity index (χ3n) is 4.36. The summed E-state index contributed by atoms with van der Waals surface area (Å²) in [4.78, 5) is 9.71. The molecule has 1 aliphatic rings. The number of benzene rings is 2. The molecule has 0 unspecified atom stereocenters. The third kappa shape index (κ3) is 3.43. The highest BCUT2D eigenvalue weighted by Crippen LogP contribution is 2.27. The molecule has 1 heterocycles. The first-order chi connectivity index (χ1) is 12.3. The van der Waals surface area contributed by atoms with Gasteiger partial charge in [0.1, 0.15) is 0 Å². The topological polar surface area (TPSA) is 25.8 Å². The molecule has 0 bridgehead atoms. The van der Waals surface area contributed by atoms with E-state index in [-0.39, 0.29) is 0 Å². The number of allylic oxidation sites excluding steroid dienone is 4. The van der Waals surface area contributed by atoms with Crippen LogP contribution in [-0.4, -0.2) is 9.97 Å². The Morgan fingerprint density at radius 2 is 1.56 bits per heavy atom. The zero-order valence-corrected chi connectivity index (χ0v) is 14.3. The van der Waals surface area contributed by atoms with Gasteiger partial charge in [-0.25, -0.2) is 9.97 Å². The van der Waals surface area contributed by atoms with Crippen LogP contribution in [0.5, 0.6) is 0 Å². The molecule has 0 atom stereocenters. The molecule has 0 saturated heterocycles. The minimum absolute atomic E-state index is 0.778. The van der Waals surface area contributed by atoms with Gasteiger partial charge in [-0.2, -0.15) is 0 Å². The van der Waals surface area contributed by atoms with E-state index in [4.69, 9.17) is 9.97 Å². The smallest absolute Gasteiger partial charge is 0.160 e. The summed E-state index contributed by atoms with van der Waals surface area (Å²) in [6.45, 7) is 2.10. The summed E-state index contributed by atoms with van der Waals surface area (Å²) < 4.78 is 0. The number of aromatic nitrogens is 2. The lowest BCUT2D eigenvalue weighted by Crippen LogP contribution is -1.98. The molecule has 1 aliphatic carbocycles. The Kier molecular flexibility index (Phi) is 4.26. The molecule has 0 spiro atoms. The van der Waals surface area contributed by atoms with Gasteiger partial charge in [0.15, 0.2) is 5.82 Å². The predicted octanol–water partition coefficient (Wildman–Crippen LogP) is 5.85. The van der Waals surface area contributed by atoms with E-state index in [1.807, 2.05) is 18.2 Å². The molecule has 0 amide bonds. The molecule has 0 fully saturated rings. The molecule has 4 rings (SSSR count). The molecule has 2 aromatic carbocycles. The van der Waals surface area contributed by atoms with Gasteiger partial charge in [-0.05, 0) is 37.5 Å². The molecule has 2 heteroatoms. The summed E-state index contributed by atoms with van der Waals surface area (Å²) in [5, 5.41) is 0. The van der Waals surface area contributed by atoms with Crippen LogP contribution in [0.3, 0.4) is 0 Å². The van der Waals surface area contributed by atoms with Gasteiger partial charge in [0.05, 0.1) is 11.4 Å². The highest BCUT2D eigenvalue weighted by atomic mass is 14.9. The minimum atomic E-state index is 0.778. The average Bonchev–Trinajstić information content (AvgIpc) is 2.69. The highest BCUT2D eigenvalue weighted by Gasteiger charge is 2.11. The summed E-state index contributed by atoms with van der Waals surface area (Å²) in [6.07, 6.45) is 8.81. The Morgan fingerprint density at radius 1 is 0.760 bits per heavy atom. The highest BCUT2D eigenvalue weighted by molar-refractivity contribution is 5.77. The minimum Gasteiger partial charge on any atom is -0.228 e. The van der Waals surface area contributed by atoms with Crippen molar-refractivity contribution in [3.63, 3.8) is 0 Å². The normalized spacial score (nSPS) is 13.6. The van der Waals surface area contributed by atoms with Crippen LogP contribution < -0.4 is 0 Å². The standard InChI is InChI=1S/C23H20N2/c1-17-9-8-14-20(15-17)23-24-21(18-10-4-2-5-11-18)16-22(25-23)19-12-6-3-7-13-19/h2,4-6,8-16H,3,7H2,1H3. The van der Waals surface area contributed by atoms with Crippen molar-refractivity contribution in [1.29, 1.82) is 0 Å². The van der Waals surface area contributed by atoms with Crippen LogP contribution in [-0.2, 0) is 0 Å². The van der Waals surface area contributed by atoms with Crippen molar-refractivity contribution < 1.29 is 0 Å². The lowest BCUT2D eigenvalue weighted by atomic mass is 10.0. The van der Waals surface area contributed by atoms with Crippen molar-refractivity contribution in [2.45, 2.75) is 19.8 Å². The second-order valence-electron chi connectivity index (χ2n) is 6.34. The Bertz CT molecular complexity index is 953. The van der Waals surface area contributed by atoms with E-state index < -0.39 is 0 Å². The molecule has 2 nitrogen and oxygen atoms in total. The summed E-state index contributed by atoms with van der Waals surface area (Å²) in [5.74, 6) is 0.778. The van der Waals surface area contributed by atoms with Crippen molar-refractivity contribution in [2.75, 3.05) is 0 Å². The van der Waals surface area contributed by atoms with E-state index in [2.05, 4.69) is 67.6 Å². The molecule has 3 aromatic rings.